The van der Waals surface area contributed by atoms with E-state index < -0.39 is 0 Å². The van der Waals surface area contributed by atoms with Crippen LogP contribution in [0.4, 0.5) is 5.69 Å². The minimum absolute atomic E-state index is 0.965. The SMILES string of the molecule is CCN(C)C=Nc1cc(C)c(Cc2cc(C)ccc2C)cc1C. The zero-order valence-corrected chi connectivity index (χ0v) is 15.3. The van der Waals surface area contributed by atoms with Gasteiger partial charge in [-0.3, -0.25) is 0 Å². The molecule has 2 nitrogen and oxygen atoms in total. The zero-order valence-electron chi connectivity index (χ0n) is 15.3. The number of nitrogens with zero attached hydrogens (tertiary/aromatic N) is 2. The van der Waals surface area contributed by atoms with Crippen molar-refractivity contribution in [3.05, 3.63) is 63.7 Å². The number of hydrogen-bond acceptors (Lipinski definition) is 1. The Bertz CT molecular complexity index is 714. The molecule has 0 amide bonds. The molecule has 0 aromatic heterocycles. The van der Waals surface area contributed by atoms with Crippen LogP contribution in [0.3, 0.4) is 0 Å². The van der Waals surface area contributed by atoms with Crippen molar-refractivity contribution in [3.8, 4) is 0 Å². The van der Waals surface area contributed by atoms with Crippen LogP contribution in [-0.2, 0) is 6.42 Å². The molecule has 0 unspecified atom stereocenters. The van der Waals surface area contributed by atoms with Gasteiger partial charge in [0.15, 0.2) is 0 Å². The first-order chi connectivity index (χ1) is 10.9. The topological polar surface area (TPSA) is 15.6 Å². The van der Waals surface area contributed by atoms with Crippen LogP contribution in [0.1, 0.15) is 40.3 Å². The Hall–Kier alpha value is -2.09. The first kappa shape index (κ1) is 17.3. The average Bonchev–Trinajstić information content (AvgIpc) is 2.52. The lowest BCUT2D eigenvalue weighted by molar-refractivity contribution is 0.552. The average molecular weight is 308 g/mol. The Morgan fingerprint density at radius 1 is 0.913 bits per heavy atom. The zero-order chi connectivity index (χ0) is 17.0. The molecule has 0 saturated heterocycles. The normalized spacial score (nSPS) is 11.2. The van der Waals surface area contributed by atoms with Gasteiger partial charge in [0.2, 0.25) is 0 Å². The highest BCUT2D eigenvalue weighted by molar-refractivity contribution is 5.64. The summed E-state index contributed by atoms with van der Waals surface area (Å²) in [6.07, 6.45) is 2.89. The van der Waals surface area contributed by atoms with Crippen LogP contribution >= 0.6 is 0 Å². The van der Waals surface area contributed by atoms with E-state index >= 15 is 0 Å². The number of aliphatic imine (C=N–C) groups is 1. The summed E-state index contributed by atoms with van der Waals surface area (Å²) in [6.45, 7) is 11.8. The summed E-state index contributed by atoms with van der Waals surface area (Å²) in [5.74, 6) is 0. The summed E-state index contributed by atoms with van der Waals surface area (Å²) in [4.78, 5) is 6.70. The maximum Gasteiger partial charge on any atom is 0.0909 e. The van der Waals surface area contributed by atoms with E-state index in [1.807, 2.05) is 13.4 Å². The maximum atomic E-state index is 4.62. The van der Waals surface area contributed by atoms with Crippen molar-refractivity contribution < 1.29 is 0 Å². The van der Waals surface area contributed by atoms with Gasteiger partial charge in [0.25, 0.3) is 0 Å². The number of benzene rings is 2. The predicted octanol–water partition coefficient (Wildman–Crippen LogP) is 5.12. The molecule has 0 spiro atoms. The van der Waals surface area contributed by atoms with Crippen molar-refractivity contribution in [1.82, 2.24) is 4.90 Å². The van der Waals surface area contributed by atoms with Gasteiger partial charge in [-0.15, -0.1) is 0 Å². The molecule has 0 fully saturated rings. The van der Waals surface area contributed by atoms with E-state index in [-0.39, 0.29) is 0 Å². The molecule has 2 heteroatoms. The van der Waals surface area contributed by atoms with Crippen molar-refractivity contribution in [2.75, 3.05) is 13.6 Å². The molecule has 0 heterocycles. The van der Waals surface area contributed by atoms with Crippen molar-refractivity contribution >= 4 is 12.0 Å². The standard InChI is InChI=1S/C21H28N2/c1-7-23(6)14-22-21-12-17(4)20(11-18(21)5)13-19-10-15(2)8-9-16(19)3/h8-12,14H,7,13H2,1-6H3. The first-order valence-electron chi connectivity index (χ1n) is 8.31. The van der Waals surface area contributed by atoms with Gasteiger partial charge in [-0.2, -0.15) is 0 Å². The lowest BCUT2D eigenvalue weighted by Crippen LogP contribution is -2.14. The highest BCUT2D eigenvalue weighted by atomic mass is 15.1. The molecule has 0 bridgehead atoms. The molecule has 2 rings (SSSR count). The van der Waals surface area contributed by atoms with Crippen LogP contribution in [0.25, 0.3) is 0 Å². The highest BCUT2D eigenvalue weighted by Gasteiger charge is 2.07. The number of rotatable bonds is 5. The lowest BCUT2D eigenvalue weighted by atomic mass is 9.94. The van der Waals surface area contributed by atoms with Crippen molar-refractivity contribution in [1.29, 1.82) is 0 Å². The van der Waals surface area contributed by atoms with Crippen molar-refractivity contribution in [2.45, 2.75) is 41.0 Å². The molecule has 0 aliphatic rings. The second kappa shape index (κ2) is 7.45. The van der Waals surface area contributed by atoms with E-state index in [9.17, 15) is 0 Å². The van der Waals surface area contributed by atoms with Gasteiger partial charge >= 0.3 is 0 Å². The summed E-state index contributed by atoms with van der Waals surface area (Å²) in [6, 6.07) is 11.2. The molecule has 23 heavy (non-hydrogen) atoms. The lowest BCUT2D eigenvalue weighted by Gasteiger charge is -2.13. The van der Waals surface area contributed by atoms with Crippen LogP contribution in [0.5, 0.6) is 0 Å². The summed E-state index contributed by atoms with van der Waals surface area (Å²) >= 11 is 0. The van der Waals surface area contributed by atoms with E-state index in [1.165, 1.54) is 33.4 Å². The third-order valence-electron chi connectivity index (χ3n) is 4.43. The van der Waals surface area contributed by atoms with Gasteiger partial charge in [-0.05, 0) is 74.9 Å². The second-order valence-corrected chi connectivity index (χ2v) is 6.49. The van der Waals surface area contributed by atoms with Crippen LogP contribution in [-0.4, -0.2) is 24.8 Å². The minimum atomic E-state index is 0.965. The van der Waals surface area contributed by atoms with Gasteiger partial charge < -0.3 is 4.90 Å². The molecule has 0 saturated carbocycles. The van der Waals surface area contributed by atoms with E-state index in [1.54, 1.807) is 0 Å². The Labute approximate surface area is 140 Å². The Kier molecular flexibility index (Phi) is 5.59. The largest absolute Gasteiger partial charge is 0.366 e. The summed E-state index contributed by atoms with van der Waals surface area (Å²) in [5.41, 5.74) is 9.09. The van der Waals surface area contributed by atoms with Crippen molar-refractivity contribution in [3.63, 3.8) is 0 Å². The fourth-order valence-electron chi connectivity index (χ4n) is 2.63. The fourth-order valence-corrected chi connectivity index (χ4v) is 2.63. The van der Waals surface area contributed by atoms with E-state index in [0.29, 0.717) is 0 Å². The van der Waals surface area contributed by atoms with Gasteiger partial charge in [-0.1, -0.05) is 29.8 Å². The quantitative estimate of drug-likeness (QED) is 0.553. The summed E-state index contributed by atoms with van der Waals surface area (Å²) in [7, 11) is 2.04. The van der Waals surface area contributed by atoms with E-state index in [2.05, 4.69) is 74.8 Å². The highest BCUT2D eigenvalue weighted by Crippen LogP contribution is 2.26. The van der Waals surface area contributed by atoms with Gasteiger partial charge in [0.05, 0.1) is 12.0 Å². The van der Waals surface area contributed by atoms with Gasteiger partial charge in [0, 0.05) is 13.6 Å². The Morgan fingerprint density at radius 2 is 1.61 bits per heavy atom. The van der Waals surface area contributed by atoms with Gasteiger partial charge in [-0.25, -0.2) is 4.99 Å². The molecular formula is C21H28N2. The van der Waals surface area contributed by atoms with Crippen LogP contribution in [0.2, 0.25) is 0 Å². The molecule has 122 valence electrons. The summed E-state index contributed by atoms with van der Waals surface area (Å²) in [5, 5.41) is 0. The molecule has 2 aromatic rings. The van der Waals surface area contributed by atoms with Crippen LogP contribution in [0.15, 0.2) is 35.3 Å². The molecule has 0 atom stereocenters. The smallest absolute Gasteiger partial charge is 0.0909 e. The van der Waals surface area contributed by atoms with E-state index in [4.69, 9.17) is 0 Å². The summed E-state index contributed by atoms with van der Waals surface area (Å²) < 4.78 is 0. The molecule has 2 aromatic carbocycles. The maximum absolute atomic E-state index is 4.62. The number of aryl methyl sites for hydroxylation is 4. The predicted molar refractivity (Wildman–Crippen MR) is 101 cm³/mol. The van der Waals surface area contributed by atoms with Gasteiger partial charge in [0.1, 0.15) is 0 Å². The Balaban J connectivity index is 2.29. The van der Waals surface area contributed by atoms with Crippen molar-refractivity contribution in [2.24, 2.45) is 4.99 Å². The molecule has 0 radical (unpaired) electrons. The number of hydrogen-bond donors (Lipinski definition) is 0. The second-order valence-electron chi connectivity index (χ2n) is 6.49. The first-order valence-corrected chi connectivity index (χ1v) is 8.31. The third-order valence-corrected chi connectivity index (χ3v) is 4.43. The van der Waals surface area contributed by atoms with Crippen LogP contribution < -0.4 is 0 Å². The molecule has 0 N–H and O–H groups in total. The minimum Gasteiger partial charge on any atom is -0.366 e. The Morgan fingerprint density at radius 3 is 2.30 bits per heavy atom. The van der Waals surface area contributed by atoms with E-state index in [0.717, 1.165) is 18.7 Å². The monoisotopic (exact) mass is 308 g/mol. The third kappa shape index (κ3) is 4.44. The molecular weight excluding hydrogens is 280 g/mol. The fraction of sp³-hybridized carbons (Fsp3) is 0.381. The molecule has 0 aliphatic carbocycles. The van der Waals surface area contributed by atoms with Crippen LogP contribution in [0, 0.1) is 27.7 Å². The molecule has 0 aliphatic heterocycles.